The first kappa shape index (κ1) is 51.4. The number of alkyl halides is 1. The van der Waals surface area contributed by atoms with Crippen LogP contribution in [0.15, 0.2) is 66.9 Å². The molecule has 5 aromatic rings. The lowest BCUT2D eigenvalue weighted by Crippen LogP contribution is -2.43. The largest absolute Gasteiger partial charge is 0.497 e. The smallest absolute Gasteiger partial charge is 0.407 e. The van der Waals surface area contributed by atoms with Crippen LogP contribution in [0, 0.1) is 11.7 Å². The van der Waals surface area contributed by atoms with Gasteiger partial charge in [-0.1, -0.05) is 35.9 Å². The predicted molar refractivity (Wildman–Crippen MR) is 271 cm³/mol. The van der Waals surface area contributed by atoms with Gasteiger partial charge in [-0.2, -0.15) is 9.97 Å². The highest BCUT2D eigenvalue weighted by Gasteiger charge is 2.49. The van der Waals surface area contributed by atoms with Crippen molar-refractivity contribution in [2.75, 3.05) is 63.4 Å². The number of fused-ring (bicyclic) bond motifs is 2. The van der Waals surface area contributed by atoms with Crippen molar-refractivity contribution in [3.63, 3.8) is 0 Å². The molecule has 3 aromatic carbocycles. The molecule has 14 nitrogen and oxygen atoms in total. The van der Waals surface area contributed by atoms with Crippen molar-refractivity contribution in [1.29, 1.82) is 0 Å². The molecule has 0 spiro atoms. The van der Waals surface area contributed by atoms with Crippen LogP contribution in [-0.2, 0) is 29.0 Å². The normalized spacial score (nSPS) is 19.1. The summed E-state index contributed by atoms with van der Waals surface area (Å²) in [4.78, 5) is 45.1. The average molecular weight is 999 g/mol. The first-order valence-electron chi connectivity index (χ1n) is 24.8. The van der Waals surface area contributed by atoms with Crippen LogP contribution in [-0.4, -0.2) is 108 Å². The minimum absolute atomic E-state index is 0.00775. The average Bonchev–Trinajstić information content (AvgIpc) is 3.87. The highest BCUT2D eigenvalue weighted by Crippen LogP contribution is 2.42. The van der Waals surface area contributed by atoms with Gasteiger partial charge in [-0.25, -0.2) is 13.6 Å². The van der Waals surface area contributed by atoms with Crippen molar-refractivity contribution in [2.24, 2.45) is 5.92 Å². The van der Waals surface area contributed by atoms with E-state index in [9.17, 15) is 19.1 Å². The molecule has 5 heterocycles. The molecular weight excluding hydrogens is 932 g/mol. The van der Waals surface area contributed by atoms with Crippen LogP contribution < -0.4 is 29.3 Å². The number of aliphatic carboxylic acids is 1. The first-order chi connectivity index (χ1) is 34.1. The molecule has 0 saturated carbocycles. The number of carboxylic acid groups (broad SMARTS) is 1. The molecule has 0 radical (unpaired) electrons. The van der Waals surface area contributed by atoms with Crippen molar-refractivity contribution in [3.05, 3.63) is 94.4 Å². The zero-order valence-corrected chi connectivity index (χ0v) is 42.2. The quantitative estimate of drug-likeness (QED) is 0.0713. The molecular formula is C54H66ClF2N7O7. The Morgan fingerprint density at radius 3 is 2.32 bits per heavy atom. The van der Waals surface area contributed by atoms with Crippen molar-refractivity contribution in [1.82, 2.24) is 25.2 Å². The van der Waals surface area contributed by atoms with Gasteiger partial charge in [0.1, 0.15) is 46.9 Å². The molecule has 380 valence electrons. The van der Waals surface area contributed by atoms with Gasteiger partial charge in [0.25, 0.3) is 0 Å². The lowest BCUT2D eigenvalue weighted by atomic mass is 9.94. The number of nitrogens with zero attached hydrogens (tertiary/aromatic N) is 6. The number of rotatable bonds is 20. The Morgan fingerprint density at radius 2 is 1.66 bits per heavy atom. The molecule has 3 aliphatic heterocycles. The van der Waals surface area contributed by atoms with E-state index < -0.39 is 35.2 Å². The number of halogens is 3. The van der Waals surface area contributed by atoms with Crippen molar-refractivity contribution in [3.8, 4) is 28.8 Å². The van der Waals surface area contributed by atoms with E-state index in [0.29, 0.717) is 104 Å². The second-order valence-electron chi connectivity index (χ2n) is 20.2. The summed E-state index contributed by atoms with van der Waals surface area (Å²) in [6.07, 6.45) is 5.94. The van der Waals surface area contributed by atoms with E-state index in [-0.39, 0.29) is 36.2 Å². The predicted octanol–water partition coefficient (Wildman–Crippen LogP) is 10.6. The van der Waals surface area contributed by atoms with Crippen LogP contribution in [0.1, 0.15) is 95.2 Å². The van der Waals surface area contributed by atoms with E-state index in [4.69, 9.17) is 45.5 Å². The van der Waals surface area contributed by atoms with Gasteiger partial charge in [-0.05, 0) is 138 Å². The molecule has 17 heteroatoms. The minimum atomic E-state index is -0.961. The van der Waals surface area contributed by atoms with E-state index in [2.05, 4.69) is 20.0 Å². The van der Waals surface area contributed by atoms with Crippen molar-refractivity contribution in [2.45, 2.75) is 115 Å². The number of alkyl carbamates (subject to hydrolysis) is 1. The molecule has 3 saturated heterocycles. The Balaban J connectivity index is 1.20. The van der Waals surface area contributed by atoms with Gasteiger partial charge in [0, 0.05) is 74.6 Å². The number of carbonyl (C=O) groups excluding carboxylic acids is 1. The molecule has 71 heavy (non-hydrogen) atoms. The molecule has 0 bridgehead atoms. The number of nitrogens with one attached hydrogen (secondary N) is 1. The molecule has 3 fully saturated rings. The van der Waals surface area contributed by atoms with Crippen LogP contribution in [0.2, 0.25) is 5.02 Å². The monoisotopic (exact) mass is 997 g/mol. The fourth-order valence-corrected chi connectivity index (χ4v) is 10.6. The van der Waals surface area contributed by atoms with Crippen LogP contribution in [0.5, 0.6) is 17.5 Å². The summed E-state index contributed by atoms with van der Waals surface area (Å²) in [6, 6.07) is 19.4. The molecule has 1 unspecified atom stereocenters. The van der Waals surface area contributed by atoms with Gasteiger partial charge in [-0.15, -0.1) is 0 Å². The number of hydrogen-bond donors (Lipinski definition) is 2. The number of piperidine rings is 1. The number of pyridine rings is 1. The summed E-state index contributed by atoms with van der Waals surface area (Å²) >= 11 is 7.29. The number of ether oxygens (including phenoxy) is 4. The molecule has 2 N–H and O–H groups in total. The van der Waals surface area contributed by atoms with Crippen molar-refractivity contribution >= 4 is 46.1 Å². The zero-order chi connectivity index (χ0) is 50.3. The third-order valence-corrected chi connectivity index (χ3v) is 14.2. The Bertz CT molecular complexity index is 2610. The number of aromatic nitrogens is 3. The second-order valence-corrected chi connectivity index (χ2v) is 20.6. The Morgan fingerprint density at radius 1 is 0.958 bits per heavy atom. The summed E-state index contributed by atoms with van der Waals surface area (Å²) < 4.78 is 55.7. The van der Waals surface area contributed by atoms with Gasteiger partial charge in [0.2, 0.25) is 0 Å². The highest BCUT2D eigenvalue weighted by atomic mass is 35.5. The van der Waals surface area contributed by atoms with Crippen LogP contribution in [0.25, 0.3) is 22.2 Å². The summed E-state index contributed by atoms with van der Waals surface area (Å²) in [6.45, 7) is 9.36. The maximum Gasteiger partial charge on any atom is 0.407 e. The van der Waals surface area contributed by atoms with Gasteiger partial charge in [0.15, 0.2) is 5.82 Å². The number of benzene rings is 3. The highest BCUT2D eigenvalue weighted by molar-refractivity contribution is 6.32. The minimum Gasteiger partial charge on any atom is -0.497 e. The fraction of sp³-hybridized carbons (Fsp3) is 0.500. The number of methoxy groups -OCH3 is 2. The van der Waals surface area contributed by atoms with E-state index >= 15 is 4.39 Å². The Kier molecular flexibility index (Phi) is 16.4. The summed E-state index contributed by atoms with van der Waals surface area (Å²) in [7, 11) is 3.25. The lowest BCUT2D eigenvalue weighted by molar-refractivity contribution is -0.137. The van der Waals surface area contributed by atoms with Gasteiger partial charge in [0.05, 0.1) is 25.1 Å². The van der Waals surface area contributed by atoms with Gasteiger partial charge < -0.3 is 39.2 Å². The van der Waals surface area contributed by atoms with E-state index in [1.807, 2.05) is 81.4 Å². The molecule has 3 atom stereocenters. The van der Waals surface area contributed by atoms with E-state index in [0.717, 1.165) is 54.9 Å². The first-order valence-corrected chi connectivity index (χ1v) is 25.1. The number of carbonyl (C=O) groups is 2. The lowest BCUT2D eigenvalue weighted by Gasteiger charge is -2.34. The van der Waals surface area contributed by atoms with Crippen molar-refractivity contribution < 1.29 is 42.4 Å². The maximum atomic E-state index is 18.0. The summed E-state index contributed by atoms with van der Waals surface area (Å²) in [5.74, 6) is 0.536. The van der Waals surface area contributed by atoms with E-state index in [1.54, 1.807) is 20.4 Å². The second kappa shape index (κ2) is 22.6. The number of anilines is 2. The van der Waals surface area contributed by atoms with E-state index in [1.165, 1.54) is 0 Å². The summed E-state index contributed by atoms with van der Waals surface area (Å²) in [5.41, 5.74) is 2.74. The van der Waals surface area contributed by atoms with Crippen LogP contribution in [0.4, 0.5) is 25.1 Å². The fourth-order valence-electron chi connectivity index (χ4n) is 10.3. The topological polar surface area (TPSA) is 152 Å². The Labute approximate surface area is 420 Å². The molecule has 8 rings (SSSR count). The SMILES string of the molecule is COc1ccc(CN(Cc2ccc(OC)cc2)c2cc(Cl)c(CCCCC(=O)O)c(-c3ncc4c(N5CCCC(CCNC(=O)OC(C)(C)C)C5)nc(OC[C@@]56CCCN5C[C@H](F)C6)nc4c3F)c2)cc1. The zero-order valence-electron chi connectivity index (χ0n) is 41.4. The number of unbranched alkanes of at least 4 members (excludes halogenated alkanes) is 1. The third-order valence-electron chi connectivity index (χ3n) is 13.8. The molecule has 2 aromatic heterocycles. The molecule has 1 amide bonds. The standard InChI is InChI=1S/C54H66ClF2N7O7/c1-53(2,3)71-52(67)58-23-21-35-10-8-24-62(30-35)50-44-29-59-48(47(57)49(44)60-51(61-50)70-34-54-22-9-25-64(54)33-38(56)28-54)43-26-39(27-45(55)42(43)11-6-7-12-46(65)66)63(31-36-13-17-40(68-4)18-14-36)32-37-15-19-41(69-5)20-16-37/h13-20,26-27,29,35,38H,6-12,21-25,28,30-34H2,1-5H3,(H,58,67)(H,65,66)/t35?,38-,54+/m1/s1. The van der Waals surface area contributed by atoms with Gasteiger partial charge in [-0.3, -0.25) is 14.7 Å². The number of carboxylic acids is 1. The molecule has 0 aliphatic carbocycles. The molecule has 3 aliphatic rings. The number of hydrogen-bond acceptors (Lipinski definition) is 12. The summed E-state index contributed by atoms with van der Waals surface area (Å²) in [5, 5.41) is 13.1. The maximum absolute atomic E-state index is 18.0. The van der Waals surface area contributed by atoms with Crippen LogP contribution >= 0.6 is 11.6 Å². The number of amides is 1. The third kappa shape index (κ3) is 12.7. The van der Waals surface area contributed by atoms with Gasteiger partial charge >= 0.3 is 18.1 Å². The Hall–Kier alpha value is -6.00. The van der Waals surface area contributed by atoms with Crippen LogP contribution in [0.3, 0.4) is 0 Å².